The first kappa shape index (κ1) is 17.1. The smallest absolute Gasteiger partial charge is 0.127 e. The fourth-order valence-corrected chi connectivity index (χ4v) is 4.25. The van der Waals surface area contributed by atoms with E-state index in [1.807, 2.05) is 84.9 Å². The second-order valence-corrected chi connectivity index (χ2v) is 8.28. The maximum Gasteiger partial charge on any atom is 0.127 e. The average Bonchev–Trinajstić information content (AvgIpc) is 2.73. The Morgan fingerprint density at radius 2 is 0.704 bits per heavy atom. The Kier molecular flexibility index (Phi) is 5.32. The summed E-state index contributed by atoms with van der Waals surface area (Å²) in [7, 11) is -0.518. The summed E-state index contributed by atoms with van der Waals surface area (Å²) < 4.78 is 11.7. The van der Waals surface area contributed by atoms with E-state index in [0.717, 1.165) is 23.0 Å². The van der Waals surface area contributed by atoms with Crippen molar-refractivity contribution in [3.8, 4) is 23.0 Å². The van der Waals surface area contributed by atoms with Gasteiger partial charge in [-0.05, 0) is 48.5 Å². The molecule has 132 valence electrons. The first-order valence-corrected chi connectivity index (χ1v) is 10.4. The van der Waals surface area contributed by atoms with Gasteiger partial charge in [0.1, 0.15) is 23.0 Å². The molecule has 3 heteroatoms. The van der Waals surface area contributed by atoms with Crippen LogP contribution in [-0.4, -0.2) is 9.52 Å². The minimum absolute atomic E-state index is 0.518. The van der Waals surface area contributed by atoms with Gasteiger partial charge in [0, 0.05) is 0 Å². The van der Waals surface area contributed by atoms with Crippen LogP contribution >= 0.6 is 0 Å². The Labute approximate surface area is 161 Å². The number of para-hydroxylation sites is 2. The summed E-state index contributed by atoms with van der Waals surface area (Å²) in [6.45, 7) is 0. The van der Waals surface area contributed by atoms with Crippen molar-refractivity contribution < 1.29 is 9.47 Å². The van der Waals surface area contributed by atoms with E-state index in [1.165, 1.54) is 10.4 Å². The second kappa shape index (κ2) is 8.38. The lowest BCUT2D eigenvalue weighted by atomic mass is 10.3. The van der Waals surface area contributed by atoms with Gasteiger partial charge in [-0.15, -0.1) is 0 Å². The molecular weight excluding hydrogens is 348 g/mol. The molecule has 0 aliphatic heterocycles. The summed E-state index contributed by atoms with van der Waals surface area (Å²) in [6, 6.07) is 36.5. The van der Waals surface area contributed by atoms with E-state index >= 15 is 0 Å². The van der Waals surface area contributed by atoms with E-state index in [9.17, 15) is 0 Å². The molecule has 0 radical (unpaired) electrons. The highest BCUT2D eigenvalue weighted by molar-refractivity contribution is 6.67. The number of ether oxygens (including phenoxy) is 2. The van der Waals surface area contributed by atoms with Crippen LogP contribution in [0.4, 0.5) is 0 Å². The second-order valence-electron chi connectivity index (χ2n) is 6.29. The lowest BCUT2D eigenvalue weighted by Gasteiger charge is -2.08. The maximum atomic E-state index is 5.85. The van der Waals surface area contributed by atoms with Crippen LogP contribution in [0, 0.1) is 0 Å². The molecule has 4 aromatic carbocycles. The molecule has 0 spiro atoms. The minimum Gasteiger partial charge on any atom is -0.457 e. The van der Waals surface area contributed by atoms with Crippen molar-refractivity contribution in [3.63, 3.8) is 0 Å². The van der Waals surface area contributed by atoms with Crippen LogP contribution in [0.1, 0.15) is 0 Å². The van der Waals surface area contributed by atoms with Crippen molar-refractivity contribution in [1.82, 2.24) is 0 Å². The highest BCUT2D eigenvalue weighted by Crippen LogP contribution is 2.20. The van der Waals surface area contributed by atoms with Gasteiger partial charge in [0.05, 0.1) is 9.52 Å². The Balaban J connectivity index is 1.37. The molecule has 4 rings (SSSR count). The molecule has 27 heavy (non-hydrogen) atoms. The van der Waals surface area contributed by atoms with Gasteiger partial charge in [0.25, 0.3) is 0 Å². The molecule has 0 fully saturated rings. The lowest BCUT2D eigenvalue weighted by Crippen LogP contribution is -2.26. The summed E-state index contributed by atoms with van der Waals surface area (Å²) >= 11 is 0. The van der Waals surface area contributed by atoms with Crippen LogP contribution in [0.15, 0.2) is 109 Å². The normalized spacial score (nSPS) is 10.4. The summed E-state index contributed by atoms with van der Waals surface area (Å²) in [6.07, 6.45) is 0. The molecule has 0 N–H and O–H groups in total. The molecule has 4 aromatic rings. The van der Waals surface area contributed by atoms with Crippen molar-refractivity contribution in [3.05, 3.63) is 109 Å². The zero-order valence-corrected chi connectivity index (χ0v) is 16.3. The minimum atomic E-state index is -0.518. The molecule has 2 nitrogen and oxygen atoms in total. The van der Waals surface area contributed by atoms with Gasteiger partial charge < -0.3 is 9.47 Å². The monoisotopic (exact) mass is 368 g/mol. The summed E-state index contributed by atoms with van der Waals surface area (Å²) in [5.74, 6) is 3.45. The van der Waals surface area contributed by atoms with Crippen molar-refractivity contribution in [2.75, 3.05) is 0 Å². The van der Waals surface area contributed by atoms with Crippen LogP contribution in [0.5, 0.6) is 23.0 Å². The Morgan fingerprint density at radius 3 is 1.07 bits per heavy atom. The zero-order valence-electron chi connectivity index (χ0n) is 14.9. The Bertz CT molecular complexity index is 883. The van der Waals surface area contributed by atoms with Crippen molar-refractivity contribution in [2.24, 2.45) is 0 Å². The molecule has 0 aromatic heterocycles. The van der Waals surface area contributed by atoms with Crippen molar-refractivity contribution in [1.29, 1.82) is 0 Å². The quantitative estimate of drug-likeness (QED) is 0.470. The van der Waals surface area contributed by atoms with Crippen molar-refractivity contribution >= 4 is 19.9 Å². The molecule has 0 aliphatic carbocycles. The zero-order chi connectivity index (χ0) is 18.3. The summed E-state index contributed by atoms with van der Waals surface area (Å²) in [5.41, 5.74) is 0. The number of benzene rings is 4. The van der Waals surface area contributed by atoms with E-state index < -0.39 is 9.52 Å². The molecule has 0 amide bonds. The fourth-order valence-electron chi connectivity index (χ4n) is 2.84. The number of hydrogen-bond donors (Lipinski definition) is 0. The molecule has 0 bridgehead atoms. The van der Waals surface area contributed by atoms with Crippen LogP contribution in [-0.2, 0) is 0 Å². The standard InChI is InChI=1S/C24H20O2Si/c1-3-7-19(8-4-1)25-21-11-15-23(16-12-21)27-24-17-13-22(14-18-24)26-20-9-5-2-6-10-20/h1-18H,27H2. The largest absolute Gasteiger partial charge is 0.457 e. The van der Waals surface area contributed by atoms with Crippen LogP contribution in [0.2, 0.25) is 0 Å². The third-order valence-electron chi connectivity index (χ3n) is 4.21. The van der Waals surface area contributed by atoms with Gasteiger partial charge in [-0.2, -0.15) is 0 Å². The van der Waals surface area contributed by atoms with E-state index in [4.69, 9.17) is 9.47 Å². The van der Waals surface area contributed by atoms with Crippen LogP contribution in [0.3, 0.4) is 0 Å². The Hall–Kier alpha value is -3.30. The van der Waals surface area contributed by atoms with E-state index in [2.05, 4.69) is 24.3 Å². The third kappa shape index (κ3) is 4.87. The molecule has 0 aliphatic rings. The highest BCUT2D eigenvalue weighted by Gasteiger charge is 2.02. The first-order chi connectivity index (χ1) is 13.3. The summed E-state index contributed by atoms with van der Waals surface area (Å²) in [5, 5.41) is 2.76. The number of rotatable bonds is 6. The SMILES string of the molecule is c1ccc(Oc2ccc([SiH2]c3ccc(Oc4ccccc4)cc3)cc2)cc1. The van der Waals surface area contributed by atoms with Gasteiger partial charge in [0.15, 0.2) is 0 Å². The van der Waals surface area contributed by atoms with E-state index in [-0.39, 0.29) is 0 Å². The molecule has 0 saturated heterocycles. The predicted octanol–water partition coefficient (Wildman–Crippen LogP) is 4.39. The van der Waals surface area contributed by atoms with Gasteiger partial charge in [-0.25, -0.2) is 0 Å². The topological polar surface area (TPSA) is 18.5 Å². The molecule has 0 saturated carbocycles. The average molecular weight is 369 g/mol. The van der Waals surface area contributed by atoms with E-state index in [1.54, 1.807) is 0 Å². The summed E-state index contributed by atoms with van der Waals surface area (Å²) in [4.78, 5) is 0. The highest BCUT2D eigenvalue weighted by atomic mass is 28.2. The number of hydrogen-bond acceptors (Lipinski definition) is 2. The predicted molar refractivity (Wildman–Crippen MR) is 114 cm³/mol. The molecule has 0 atom stereocenters. The Morgan fingerprint density at radius 1 is 0.370 bits per heavy atom. The fraction of sp³-hybridized carbons (Fsp3) is 0. The van der Waals surface area contributed by atoms with Crippen LogP contribution < -0.4 is 19.8 Å². The third-order valence-corrected chi connectivity index (χ3v) is 5.97. The molecule has 0 unspecified atom stereocenters. The van der Waals surface area contributed by atoms with Crippen LogP contribution in [0.25, 0.3) is 0 Å². The molecule has 0 heterocycles. The first-order valence-electron chi connectivity index (χ1n) is 8.99. The maximum absolute atomic E-state index is 5.85. The van der Waals surface area contributed by atoms with Gasteiger partial charge in [-0.1, -0.05) is 71.0 Å². The lowest BCUT2D eigenvalue weighted by molar-refractivity contribution is 0.482. The molecular formula is C24H20O2Si. The van der Waals surface area contributed by atoms with Gasteiger partial charge in [-0.3, -0.25) is 0 Å². The van der Waals surface area contributed by atoms with Gasteiger partial charge >= 0.3 is 0 Å². The van der Waals surface area contributed by atoms with Crippen molar-refractivity contribution in [2.45, 2.75) is 0 Å². The van der Waals surface area contributed by atoms with Gasteiger partial charge in [0.2, 0.25) is 0 Å². The van der Waals surface area contributed by atoms with E-state index in [0.29, 0.717) is 0 Å².